The summed E-state index contributed by atoms with van der Waals surface area (Å²) in [6, 6.07) is 5.58. The molecule has 8 heteroatoms. The molecule has 0 saturated heterocycles. The molecule has 6 nitrogen and oxygen atoms in total. The van der Waals surface area contributed by atoms with E-state index >= 15 is 0 Å². The van der Waals surface area contributed by atoms with Crippen LogP contribution in [-0.4, -0.2) is 28.0 Å². The van der Waals surface area contributed by atoms with Gasteiger partial charge in [-0.1, -0.05) is 35.3 Å². The SMILES string of the molecule is Nc1ccc(C[C@H](NC(=O)c2c(Cl)cncc2Cl)C(=O)O)cc1. The van der Waals surface area contributed by atoms with Gasteiger partial charge in [-0.05, 0) is 17.7 Å². The van der Waals surface area contributed by atoms with Crippen molar-refractivity contribution in [3.8, 4) is 0 Å². The predicted molar refractivity (Wildman–Crippen MR) is 87.7 cm³/mol. The van der Waals surface area contributed by atoms with Gasteiger partial charge in [-0.25, -0.2) is 4.79 Å². The summed E-state index contributed by atoms with van der Waals surface area (Å²) in [4.78, 5) is 27.4. The fourth-order valence-electron chi connectivity index (χ4n) is 1.95. The van der Waals surface area contributed by atoms with Crippen molar-refractivity contribution in [1.29, 1.82) is 0 Å². The first kappa shape index (κ1) is 17.1. The Morgan fingerprint density at radius 3 is 2.26 bits per heavy atom. The van der Waals surface area contributed by atoms with Gasteiger partial charge in [-0.2, -0.15) is 0 Å². The molecule has 2 rings (SSSR count). The van der Waals surface area contributed by atoms with Gasteiger partial charge in [0.2, 0.25) is 0 Å². The summed E-state index contributed by atoms with van der Waals surface area (Å²) in [5, 5.41) is 11.8. The van der Waals surface area contributed by atoms with E-state index in [4.69, 9.17) is 28.9 Å². The summed E-state index contributed by atoms with van der Waals surface area (Å²) in [7, 11) is 0. The van der Waals surface area contributed by atoms with E-state index in [2.05, 4.69) is 10.3 Å². The van der Waals surface area contributed by atoms with Crippen LogP contribution in [0.15, 0.2) is 36.7 Å². The maximum absolute atomic E-state index is 12.3. The first-order chi connectivity index (χ1) is 10.9. The number of pyridine rings is 1. The molecule has 4 N–H and O–H groups in total. The fourth-order valence-corrected chi connectivity index (χ4v) is 2.48. The summed E-state index contributed by atoms with van der Waals surface area (Å²) >= 11 is 11.8. The van der Waals surface area contributed by atoms with Gasteiger partial charge >= 0.3 is 5.97 Å². The van der Waals surface area contributed by atoms with Crippen LogP contribution in [-0.2, 0) is 11.2 Å². The summed E-state index contributed by atoms with van der Waals surface area (Å²) in [6.07, 6.45) is 2.62. The lowest BCUT2D eigenvalue weighted by atomic mass is 10.1. The number of aliphatic carboxylic acids is 1. The van der Waals surface area contributed by atoms with Gasteiger partial charge in [0.25, 0.3) is 5.91 Å². The van der Waals surface area contributed by atoms with Crippen LogP contribution in [0.25, 0.3) is 0 Å². The molecule has 0 radical (unpaired) electrons. The number of carboxylic acid groups (broad SMARTS) is 1. The maximum Gasteiger partial charge on any atom is 0.326 e. The number of benzene rings is 1. The Hall–Kier alpha value is -2.31. The van der Waals surface area contributed by atoms with Crippen molar-refractivity contribution in [3.63, 3.8) is 0 Å². The second-order valence-electron chi connectivity index (χ2n) is 4.79. The highest BCUT2D eigenvalue weighted by atomic mass is 35.5. The van der Waals surface area contributed by atoms with Crippen molar-refractivity contribution < 1.29 is 14.7 Å². The van der Waals surface area contributed by atoms with Crippen LogP contribution in [0.5, 0.6) is 0 Å². The van der Waals surface area contributed by atoms with Crippen LogP contribution in [0.2, 0.25) is 10.0 Å². The minimum atomic E-state index is -1.17. The van der Waals surface area contributed by atoms with Crippen molar-refractivity contribution in [2.45, 2.75) is 12.5 Å². The topological polar surface area (TPSA) is 105 Å². The predicted octanol–water partition coefficient (Wildman–Crippen LogP) is 2.40. The van der Waals surface area contributed by atoms with E-state index in [1.807, 2.05) is 0 Å². The molecule has 0 unspecified atom stereocenters. The third-order valence-corrected chi connectivity index (χ3v) is 3.68. The molecule has 1 aromatic carbocycles. The average Bonchev–Trinajstić information content (AvgIpc) is 2.48. The van der Waals surface area contributed by atoms with Crippen molar-refractivity contribution in [2.24, 2.45) is 0 Å². The smallest absolute Gasteiger partial charge is 0.326 e. The largest absolute Gasteiger partial charge is 0.480 e. The Bertz CT molecular complexity index is 715. The maximum atomic E-state index is 12.3. The molecule has 0 fully saturated rings. The Morgan fingerprint density at radius 2 is 1.74 bits per heavy atom. The highest BCUT2D eigenvalue weighted by Gasteiger charge is 2.23. The van der Waals surface area contributed by atoms with Crippen LogP contribution in [0.3, 0.4) is 0 Å². The zero-order valence-corrected chi connectivity index (χ0v) is 13.3. The molecule has 0 spiro atoms. The zero-order chi connectivity index (χ0) is 17.0. The number of carbonyl (C=O) groups excluding carboxylic acids is 1. The Labute approximate surface area is 142 Å². The highest BCUT2D eigenvalue weighted by molar-refractivity contribution is 6.39. The number of rotatable bonds is 5. The van der Waals surface area contributed by atoms with E-state index in [0.29, 0.717) is 5.69 Å². The second-order valence-corrected chi connectivity index (χ2v) is 5.60. The molecular formula is C15H13Cl2N3O3. The summed E-state index contributed by atoms with van der Waals surface area (Å²) < 4.78 is 0. The van der Waals surface area contributed by atoms with Gasteiger partial charge < -0.3 is 16.2 Å². The van der Waals surface area contributed by atoms with E-state index in [1.54, 1.807) is 24.3 Å². The molecule has 0 bridgehead atoms. The number of aromatic nitrogens is 1. The van der Waals surface area contributed by atoms with Crippen molar-refractivity contribution >= 4 is 40.8 Å². The monoisotopic (exact) mass is 353 g/mol. The summed E-state index contributed by atoms with van der Waals surface area (Å²) in [6.45, 7) is 0. The lowest BCUT2D eigenvalue weighted by molar-refractivity contribution is -0.139. The summed E-state index contributed by atoms with van der Waals surface area (Å²) in [5.41, 5.74) is 6.87. The number of carboxylic acids is 1. The van der Waals surface area contributed by atoms with Gasteiger partial charge in [0.1, 0.15) is 6.04 Å². The molecule has 1 amide bonds. The summed E-state index contributed by atoms with van der Waals surface area (Å²) in [5.74, 6) is -1.85. The first-order valence-electron chi connectivity index (χ1n) is 6.55. The third-order valence-electron chi connectivity index (χ3n) is 3.10. The van der Waals surface area contributed by atoms with Gasteiger partial charge in [0, 0.05) is 24.5 Å². The van der Waals surface area contributed by atoms with Gasteiger partial charge in [-0.3, -0.25) is 9.78 Å². The quantitative estimate of drug-likeness (QED) is 0.715. The minimum Gasteiger partial charge on any atom is -0.480 e. The number of hydrogen-bond donors (Lipinski definition) is 3. The Morgan fingerprint density at radius 1 is 1.17 bits per heavy atom. The van der Waals surface area contributed by atoms with Crippen molar-refractivity contribution in [1.82, 2.24) is 10.3 Å². The number of halogens is 2. The molecule has 1 aromatic heterocycles. The molecule has 2 aromatic rings. The first-order valence-corrected chi connectivity index (χ1v) is 7.31. The molecule has 120 valence electrons. The van der Waals surface area contributed by atoms with Crippen LogP contribution in [0.1, 0.15) is 15.9 Å². The number of nitrogens with one attached hydrogen (secondary N) is 1. The number of nitrogen functional groups attached to an aromatic ring is 1. The normalized spacial score (nSPS) is 11.7. The number of nitrogens with zero attached hydrogens (tertiary/aromatic N) is 1. The fraction of sp³-hybridized carbons (Fsp3) is 0.133. The standard InChI is InChI=1S/C15H13Cl2N3O3/c16-10-6-19-7-11(17)13(10)14(21)20-12(15(22)23)5-8-1-3-9(18)4-2-8/h1-4,6-7,12H,5,18H2,(H,20,21)(H,22,23)/t12-/m0/s1. The minimum absolute atomic E-state index is 0.00751. The van der Waals surface area contributed by atoms with Crippen LogP contribution < -0.4 is 11.1 Å². The molecule has 0 aliphatic carbocycles. The van der Waals surface area contributed by atoms with Crippen molar-refractivity contribution in [2.75, 3.05) is 5.73 Å². The van der Waals surface area contributed by atoms with Gasteiger partial charge in [0.15, 0.2) is 0 Å². The Balaban J connectivity index is 2.18. The molecule has 1 heterocycles. The zero-order valence-electron chi connectivity index (χ0n) is 11.8. The number of nitrogens with two attached hydrogens (primary N) is 1. The second kappa shape index (κ2) is 7.30. The molecular weight excluding hydrogens is 341 g/mol. The number of anilines is 1. The highest BCUT2D eigenvalue weighted by Crippen LogP contribution is 2.22. The average molecular weight is 354 g/mol. The lowest BCUT2D eigenvalue weighted by Gasteiger charge is -2.15. The lowest BCUT2D eigenvalue weighted by Crippen LogP contribution is -2.42. The van der Waals surface area contributed by atoms with Crippen molar-refractivity contribution in [3.05, 3.63) is 57.8 Å². The van der Waals surface area contributed by atoms with Crippen LogP contribution in [0.4, 0.5) is 5.69 Å². The molecule has 0 saturated carbocycles. The van der Waals surface area contributed by atoms with E-state index in [1.165, 1.54) is 12.4 Å². The van der Waals surface area contributed by atoms with Crippen LogP contribution in [0, 0.1) is 0 Å². The van der Waals surface area contributed by atoms with E-state index in [0.717, 1.165) is 5.56 Å². The van der Waals surface area contributed by atoms with Gasteiger partial charge in [0.05, 0.1) is 15.6 Å². The number of hydrogen-bond acceptors (Lipinski definition) is 4. The molecule has 0 aliphatic heterocycles. The molecule has 0 aliphatic rings. The van der Waals surface area contributed by atoms with E-state index < -0.39 is 17.9 Å². The Kier molecular flexibility index (Phi) is 5.41. The van der Waals surface area contributed by atoms with Gasteiger partial charge in [-0.15, -0.1) is 0 Å². The van der Waals surface area contributed by atoms with E-state index in [9.17, 15) is 14.7 Å². The third kappa shape index (κ3) is 4.34. The molecule has 1 atom stereocenters. The molecule has 23 heavy (non-hydrogen) atoms. The number of amides is 1. The van der Waals surface area contributed by atoms with Crippen LogP contribution >= 0.6 is 23.2 Å². The van der Waals surface area contributed by atoms with E-state index in [-0.39, 0.29) is 22.0 Å². The number of carbonyl (C=O) groups is 2.